The SMILES string of the molecule is CC(C)OC(=O)CCc1ccccc1O[P@@](=O)(N[C@@H](C)C(=O)OC(C)C)OC[C@H]1O[C@@H](n2cnc3c(N)nc(N)nc32)[C@](C)(O)[C@@H]1O. The predicted molar refractivity (Wildman–Crippen MR) is 169 cm³/mol. The number of carbonyl (C=O) groups is 2. The maximum atomic E-state index is 14.3. The Morgan fingerprint density at radius 2 is 1.81 bits per heavy atom. The fourth-order valence-corrected chi connectivity index (χ4v) is 6.42. The number of nitrogens with two attached hydrogens (primary N) is 2. The maximum Gasteiger partial charge on any atom is 0.459 e. The molecule has 1 fully saturated rings. The third-order valence-electron chi connectivity index (χ3n) is 7.10. The molecule has 47 heavy (non-hydrogen) atoms. The summed E-state index contributed by atoms with van der Waals surface area (Å²) < 4.78 is 43.8. The molecule has 1 aliphatic rings. The second-order valence-corrected chi connectivity index (χ2v) is 13.5. The summed E-state index contributed by atoms with van der Waals surface area (Å²) in [5, 5.41) is 25.0. The number of nitrogens with one attached hydrogen (secondary N) is 1. The van der Waals surface area contributed by atoms with E-state index in [-0.39, 0.29) is 47.6 Å². The van der Waals surface area contributed by atoms with Gasteiger partial charge in [-0.05, 0) is 59.6 Å². The van der Waals surface area contributed by atoms with Gasteiger partial charge >= 0.3 is 19.7 Å². The van der Waals surface area contributed by atoms with E-state index in [1.54, 1.807) is 45.9 Å². The minimum Gasteiger partial charge on any atom is -0.463 e. The van der Waals surface area contributed by atoms with Crippen molar-refractivity contribution in [1.29, 1.82) is 0 Å². The Morgan fingerprint density at radius 1 is 1.13 bits per heavy atom. The molecule has 6 atom stereocenters. The quantitative estimate of drug-likeness (QED) is 0.121. The summed E-state index contributed by atoms with van der Waals surface area (Å²) in [5.41, 5.74) is 10.6. The van der Waals surface area contributed by atoms with E-state index >= 15 is 0 Å². The van der Waals surface area contributed by atoms with Gasteiger partial charge in [-0.25, -0.2) is 9.55 Å². The zero-order valence-electron chi connectivity index (χ0n) is 27.0. The van der Waals surface area contributed by atoms with Gasteiger partial charge < -0.3 is 40.4 Å². The average Bonchev–Trinajstić information content (AvgIpc) is 3.48. The van der Waals surface area contributed by atoms with Gasteiger partial charge in [0.1, 0.15) is 35.1 Å². The van der Waals surface area contributed by atoms with E-state index in [1.165, 1.54) is 30.8 Å². The van der Waals surface area contributed by atoms with Gasteiger partial charge in [-0.15, -0.1) is 0 Å². The van der Waals surface area contributed by atoms with Crippen LogP contribution < -0.4 is 21.1 Å². The van der Waals surface area contributed by atoms with Crippen molar-refractivity contribution in [3.05, 3.63) is 36.2 Å². The second-order valence-electron chi connectivity index (χ2n) is 11.9. The number of aryl methyl sites for hydroxylation is 1. The Labute approximate surface area is 271 Å². The van der Waals surface area contributed by atoms with E-state index in [1.807, 2.05) is 0 Å². The zero-order valence-corrected chi connectivity index (χ0v) is 27.9. The molecule has 17 nitrogen and oxygen atoms in total. The van der Waals surface area contributed by atoms with Crippen LogP contribution in [0.15, 0.2) is 30.6 Å². The first kappa shape index (κ1) is 36.0. The number of aliphatic hydroxyl groups excluding tert-OH is 1. The number of aromatic nitrogens is 4. The summed E-state index contributed by atoms with van der Waals surface area (Å²) in [7, 11) is -4.46. The van der Waals surface area contributed by atoms with E-state index in [4.69, 9.17) is 34.7 Å². The molecule has 3 heterocycles. The number of carbonyl (C=O) groups excluding carboxylic acids is 2. The first-order valence-corrected chi connectivity index (χ1v) is 16.6. The van der Waals surface area contributed by atoms with E-state index in [9.17, 15) is 24.4 Å². The number of esters is 2. The van der Waals surface area contributed by atoms with E-state index in [2.05, 4.69) is 20.0 Å². The Morgan fingerprint density at radius 3 is 2.49 bits per heavy atom. The van der Waals surface area contributed by atoms with Crippen LogP contribution in [0.2, 0.25) is 0 Å². The second kappa shape index (κ2) is 14.5. The molecule has 7 N–H and O–H groups in total. The van der Waals surface area contributed by atoms with Gasteiger partial charge in [0.25, 0.3) is 0 Å². The number of aliphatic hydroxyl groups is 2. The Bertz CT molecular complexity index is 1630. The van der Waals surface area contributed by atoms with Crippen molar-refractivity contribution >= 4 is 42.6 Å². The highest BCUT2D eigenvalue weighted by Gasteiger charge is 2.54. The maximum absolute atomic E-state index is 14.3. The number of para-hydroxylation sites is 1. The number of ether oxygens (including phenoxy) is 3. The molecule has 0 radical (unpaired) electrons. The van der Waals surface area contributed by atoms with Crippen molar-refractivity contribution in [1.82, 2.24) is 24.6 Å². The molecule has 2 aromatic heterocycles. The monoisotopic (exact) mass is 679 g/mol. The molecule has 0 saturated carbocycles. The lowest BCUT2D eigenvalue weighted by Gasteiger charge is -2.27. The fourth-order valence-electron chi connectivity index (χ4n) is 4.88. The van der Waals surface area contributed by atoms with Gasteiger partial charge in [0, 0.05) is 6.42 Å². The van der Waals surface area contributed by atoms with Crippen LogP contribution in [-0.2, 0) is 39.3 Å². The van der Waals surface area contributed by atoms with Crippen molar-refractivity contribution in [2.45, 2.75) is 96.7 Å². The van der Waals surface area contributed by atoms with Gasteiger partial charge in [-0.3, -0.25) is 18.7 Å². The fraction of sp³-hybridized carbons (Fsp3) is 0.552. The molecular formula is C29H42N7O10P. The van der Waals surface area contributed by atoms with Crippen LogP contribution in [0.4, 0.5) is 11.8 Å². The topological polar surface area (TPSA) is 245 Å². The zero-order chi connectivity index (χ0) is 34.7. The van der Waals surface area contributed by atoms with Crippen molar-refractivity contribution in [3.8, 4) is 5.75 Å². The van der Waals surface area contributed by atoms with Crippen molar-refractivity contribution in [2.75, 3.05) is 18.1 Å². The Hall–Kier alpha value is -3.86. The predicted octanol–water partition coefficient (Wildman–Crippen LogP) is 2.02. The number of hydrogen-bond donors (Lipinski definition) is 5. The number of nitrogen functional groups attached to an aromatic ring is 2. The van der Waals surface area contributed by atoms with Crippen LogP contribution in [0.1, 0.15) is 59.8 Å². The highest BCUT2D eigenvalue weighted by molar-refractivity contribution is 7.52. The van der Waals surface area contributed by atoms with Crippen molar-refractivity contribution in [3.63, 3.8) is 0 Å². The third kappa shape index (κ3) is 8.54. The minimum atomic E-state index is -4.46. The van der Waals surface area contributed by atoms with Crippen LogP contribution >= 0.6 is 7.75 Å². The minimum absolute atomic E-state index is 0.00990. The summed E-state index contributed by atoms with van der Waals surface area (Å²) in [6, 6.07) is 5.41. The number of hydrogen-bond acceptors (Lipinski definition) is 15. The van der Waals surface area contributed by atoms with Gasteiger partial charge in [-0.2, -0.15) is 15.1 Å². The van der Waals surface area contributed by atoms with Crippen LogP contribution in [0, 0.1) is 0 Å². The summed E-state index contributed by atoms with van der Waals surface area (Å²) in [6.45, 7) is 8.99. The molecule has 0 spiro atoms. The smallest absolute Gasteiger partial charge is 0.459 e. The highest BCUT2D eigenvalue weighted by Crippen LogP contribution is 2.48. The van der Waals surface area contributed by atoms with Crippen LogP contribution in [-0.4, -0.2) is 84.3 Å². The van der Waals surface area contributed by atoms with Gasteiger partial charge in [0.05, 0.1) is 25.1 Å². The number of fused-ring (bicyclic) bond motifs is 1. The van der Waals surface area contributed by atoms with E-state index in [0.717, 1.165) is 0 Å². The molecule has 3 aromatic rings. The average molecular weight is 680 g/mol. The standard InChI is InChI=1S/C29H42N7O10P/c1-15(2)43-21(37)12-11-18-9-7-8-10-19(18)46-47(41,35-17(5)26(39)44-16(3)4)42-13-20-23(38)29(6,40)27(45-20)36-14-32-22-24(30)33-28(31)34-25(22)36/h7-10,14-17,20,23,27,38,40H,11-13H2,1-6H3,(H,35,41)(H4,30,31,33,34)/t17-,20+,23+,27+,29+,47+/m0/s1. The summed E-state index contributed by atoms with van der Waals surface area (Å²) in [6.07, 6.45) is -3.31. The van der Waals surface area contributed by atoms with Crippen LogP contribution in [0.3, 0.4) is 0 Å². The molecule has 1 saturated heterocycles. The lowest BCUT2D eigenvalue weighted by atomic mass is 9.96. The number of benzene rings is 1. The van der Waals surface area contributed by atoms with Crippen molar-refractivity contribution < 1.29 is 47.6 Å². The molecule has 18 heteroatoms. The summed E-state index contributed by atoms with van der Waals surface area (Å²) in [5.74, 6) is -1.15. The highest BCUT2D eigenvalue weighted by atomic mass is 31.2. The molecular weight excluding hydrogens is 637 g/mol. The molecule has 0 unspecified atom stereocenters. The van der Waals surface area contributed by atoms with Crippen molar-refractivity contribution in [2.24, 2.45) is 0 Å². The Kier molecular flexibility index (Phi) is 11.1. The summed E-state index contributed by atoms with van der Waals surface area (Å²) >= 11 is 0. The van der Waals surface area contributed by atoms with Crippen LogP contribution in [0.25, 0.3) is 11.2 Å². The lowest BCUT2D eigenvalue weighted by molar-refractivity contribution is -0.149. The molecule has 0 bridgehead atoms. The van der Waals surface area contributed by atoms with Gasteiger partial charge in [0.15, 0.2) is 17.7 Å². The number of nitrogens with zero attached hydrogens (tertiary/aromatic N) is 4. The molecule has 1 aliphatic heterocycles. The molecule has 1 aromatic carbocycles. The largest absolute Gasteiger partial charge is 0.463 e. The normalized spacial score (nSPS) is 23.1. The van der Waals surface area contributed by atoms with Crippen LogP contribution in [0.5, 0.6) is 5.75 Å². The number of imidazole rings is 1. The first-order valence-electron chi connectivity index (χ1n) is 15.0. The number of rotatable bonds is 14. The lowest BCUT2D eigenvalue weighted by Crippen LogP contribution is -2.44. The van der Waals surface area contributed by atoms with E-state index < -0.39 is 62.5 Å². The number of anilines is 2. The van der Waals surface area contributed by atoms with Gasteiger partial charge in [0.2, 0.25) is 5.95 Å². The molecule has 4 rings (SSSR count). The van der Waals surface area contributed by atoms with E-state index in [0.29, 0.717) is 5.56 Å². The van der Waals surface area contributed by atoms with Gasteiger partial charge in [-0.1, -0.05) is 18.2 Å². The Balaban J connectivity index is 1.58. The third-order valence-corrected chi connectivity index (χ3v) is 8.73. The first-order chi connectivity index (χ1) is 22.0. The molecule has 258 valence electrons. The molecule has 0 aliphatic carbocycles. The summed E-state index contributed by atoms with van der Waals surface area (Å²) in [4.78, 5) is 37.0. The molecule has 0 amide bonds.